The molecule has 0 bridgehead atoms. The summed E-state index contributed by atoms with van der Waals surface area (Å²) in [4.78, 5) is 2.50. The van der Waals surface area contributed by atoms with E-state index in [9.17, 15) is 0 Å². The maximum atomic E-state index is 7.08. The SMILES string of the molecule is CC1(C)c2ccccc2-c2ccc(N(c3cccc4c3sc3ccccc34)c3cccc4oc5c(-c6ccc(-c7ccccc7)cc6)c6ccccc6cc5c34)cc21. The van der Waals surface area contributed by atoms with Crippen LogP contribution in [0.25, 0.3) is 86.3 Å². The van der Waals surface area contributed by atoms with Gasteiger partial charge in [-0.1, -0.05) is 159 Å². The molecule has 3 heteroatoms. The van der Waals surface area contributed by atoms with Gasteiger partial charge in [0.1, 0.15) is 11.2 Å². The Labute approximate surface area is 340 Å². The maximum absolute atomic E-state index is 7.08. The van der Waals surface area contributed by atoms with E-state index in [4.69, 9.17) is 4.42 Å². The van der Waals surface area contributed by atoms with Gasteiger partial charge in [-0.05, 0) is 92.2 Å². The topological polar surface area (TPSA) is 16.4 Å². The second-order valence-corrected chi connectivity index (χ2v) is 17.1. The van der Waals surface area contributed by atoms with Crippen molar-refractivity contribution < 1.29 is 4.42 Å². The van der Waals surface area contributed by atoms with Gasteiger partial charge in [-0.15, -0.1) is 11.3 Å². The zero-order chi connectivity index (χ0) is 38.5. The second kappa shape index (κ2) is 12.5. The van der Waals surface area contributed by atoms with Gasteiger partial charge in [0.15, 0.2) is 0 Å². The molecule has 0 unspecified atom stereocenters. The Morgan fingerprint density at radius 2 is 1.16 bits per heavy atom. The van der Waals surface area contributed by atoms with Crippen molar-refractivity contribution in [2.45, 2.75) is 19.3 Å². The molecule has 58 heavy (non-hydrogen) atoms. The number of thiophene rings is 1. The van der Waals surface area contributed by atoms with Crippen molar-refractivity contribution in [3.05, 3.63) is 199 Å². The first-order valence-corrected chi connectivity index (χ1v) is 20.8. The highest BCUT2D eigenvalue weighted by atomic mass is 32.1. The maximum Gasteiger partial charge on any atom is 0.143 e. The number of hydrogen-bond acceptors (Lipinski definition) is 3. The van der Waals surface area contributed by atoms with Crippen molar-refractivity contribution in [1.82, 2.24) is 0 Å². The number of hydrogen-bond donors (Lipinski definition) is 0. The molecule has 0 aliphatic heterocycles. The zero-order valence-electron chi connectivity index (χ0n) is 32.2. The van der Waals surface area contributed by atoms with Crippen LogP contribution in [0.2, 0.25) is 0 Å². The minimum absolute atomic E-state index is 0.143. The number of anilines is 3. The average molecular weight is 760 g/mol. The normalized spacial score (nSPS) is 13.1. The molecule has 12 rings (SSSR count). The molecule has 274 valence electrons. The summed E-state index contributed by atoms with van der Waals surface area (Å²) in [6, 6.07) is 68.7. The van der Waals surface area contributed by atoms with Crippen molar-refractivity contribution in [1.29, 1.82) is 0 Å². The van der Waals surface area contributed by atoms with Crippen LogP contribution in [0.3, 0.4) is 0 Å². The zero-order valence-corrected chi connectivity index (χ0v) is 33.0. The molecule has 2 heterocycles. The number of nitrogens with zero attached hydrogens (tertiary/aromatic N) is 1. The standard InChI is InChI=1S/C55H37NOS/c1-55(2)45-21-10-8-18-40(45)41-31-30-38(33-46(41)55)56(48-23-12-20-43-42-19-9-11-25-50(42)58-54(43)48)47-22-13-24-49-52(47)44-32-37-16-6-7-17-39(37)51(53(44)57-49)36-28-26-35(27-29-36)34-14-4-3-5-15-34/h3-33H,1-2H3. The number of rotatable bonds is 5. The summed E-state index contributed by atoms with van der Waals surface area (Å²) in [5.41, 5.74) is 15.0. The lowest BCUT2D eigenvalue weighted by Crippen LogP contribution is -2.16. The van der Waals surface area contributed by atoms with E-state index in [2.05, 4.69) is 207 Å². The second-order valence-electron chi connectivity index (χ2n) is 16.0. The number of furan rings is 1. The molecule has 0 saturated carbocycles. The highest BCUT2D eigenvalue weighted by Gasteiger charge is 2.36. The Morgan fingerprint density at radius 1 is 0.483 bits per heavy atom. The van der Waals surface area contributed by atoms with E-state index in [1.165, 1.54) is 64.3 Å². The molecule has 1 aliphatic rings. The van der Waals surface area contributed by atoms with Gasteiger partial charge < -0.3 is 9.32 Å². The Hall–Kier alpha value is -6.94. The molecule has 11 aromatic rings. The van der Waals surface area contributed by atoms with Crippen LogP contribution in [0.5, 0.6) is 0 Å². The molecule has 0 atom stereocenters. The molecular weight excluding hydrogens is 723 g/mol. The van der Waals surface area contributed by atoms with E-state index in [0.717, 1.165) is 50.1 Å². The molecule has 0 spiro atoms. The highest BCUT2D eigenvalue weighted by Crippen LogP contribution is 2.53. The van der Waals surface area contributed by atoms with Crippen LogP contribution < -0.4 is 4.90 Å². The van der Waals surface area contributed by atoms with Crippen LogP contribution in [-0.4, -0.2) is 0 Å². The fraction of sp³-hybridized carbons (Fsp3) is 0.0545. The van der Waals surface area contributed by atoms with Gasteiger partial charge in [0.2, 0.25) is 0 Å². The van der Waals surface area contributed by atoms with Crippen LogP contribution in [0, 0.1) is 0 Å². The largest absolute Gasteiger partial charge is 0.455 e. The molecule has 2 nitrogen and oxygen atoms in total. The summed E-state index contributed by atoms with van der Waals surface area (Å²) in [5.74, 6) is 0. The minimum atomic E-state index is -0.143. The molecule has 0 radical (unpaired) electrons. The van der Waals surface area contributed by atoms with Gasteiger partial charge in [-0.3, -0.25) is 0 Å². The first-order chi connectivity index (χ1) is 28.5. The summed E-state index contributed by atoms with van der Waals surface area (Å²) in [5, 5.41) is 7.13. The van der Waals surface area contributed by atoms with E-state index < -0.39 is 0 Å². The van der Waals surface area contributed by atoms with Crippen LogP contribution in [-0.2, 0) is 5.41 Å². The molecule has 0 N–H and O–H groups in total. The average Bonchev–Trinajstić information content (AvgIpc) is 3.91. The summed E-state index contributed by atoms with van der Waals surface area (Å²) in [7, 11) is 0. The Bertz CT molecular complexity index is 3420. The molecule has 9 aromatic carbocycles. The third-order valence-corrected chi connectivity index (χ3v) is 13.7. The van der Waals surface area contributed by atoms with Gasteiger partial charge in [-0.2, -0.15) is 0 Å². The lowest BCUT2D eigenvalue weighted by Gasteiger charge is -2.29. The molecular formula is C55H37NOS. The minimum Gasteiger partial charge on any atom is -0.455 e. The summed E-state index contributed by atoms with van der Waals surface area (Å²) in [6.07, 6.45) is 0. The molecule has 0 fully saturated rings. The first-order valence-electron chi connectivity index (χ1n) is 20.0. The molecule has 0 saturated heterocycles. The number of benzene rings is 9. The summed E-state index contributed by atoms with van der Waals surface area (Å²) < 4.78 is 9.64. The fourth-order valence-electron chi connectivity index (χ4n) is 9.69. The van der Waals surface area contributed by atoms with Crippen LogP contribution in [0.4, 0.5) is 17.1 Å². The van der Waals surface area contributed by atoms with Crippen LogP contribution in [0.1, 0.15) is 25.0 Å². The van der Waals surface area contributed by atoms with Gasteiger partial charge in [-0.25, -0.2) is 0 Å². The highest BCUT2D eigenvalue weighted by molar-refractivity contribution is 7.26. The van der Waals surface area contributed by atoms with Gasteiger partial charge >= 0.3 is 0 Å². The van der Waals surface area contributed by atoms with Crippen molar-refractivity contribution >= 4 is 81.3 Å². The van der Waals surface area contributed by atoms with Crippen LogP contribution in [0.15, 0.2) is 192 Å². The van der Waals surface area contributed by atoms with Gasteiger partial charge in [0.05, 0.1) is 21.5 Å². The fourth-order valence-corrected chi connectivity index (χ4v) is 10.9. The van der Waals surface area contributed by atoms with E-state index in [1.807, 2.05) is 11.3 Å². The number of fused-ring (bicyclic) bond motifs is 10. The van der Waals surface area contributed by atoms with Gasteiger partial charge in [0.25, 0.3) is 0 Å². The third kappa shape index (κ3) is 4.84. The van der Waals surface area contributed by atoms with Crippen molar-refractivity contribution in [3.63, 3.8) is 0 Å². The molecule has 1 aliphatic carbocycles. The Kier molecular flexibility index (Phi) is 7.18. The Balaban J connectivity index is 1.14. The summed E-state index contributed by atoms with van der Waals surface area (Å²) >= 11 is 1.87. The van der Waals surface area contributed by atoms with Crippen molar-refractivity contribution in [3.8, 4) is 33.4 Å². The summed E-state index contributed by atoms with van der Waals surface area (Å²) in [6.45, 7) is 4.73. The quantitative estimate of drug-likeness (QED) is 0.174. The molecule has 0 amide bonds. The third-order valence-electron chi connectivity index (χ3n) is 12.5. The van der Waals surface area contributed by atoms with E-state index >= 15 is 0 Å². The predicted molar refractivity (Wildman–Crippen MR) is 247 cm³/mol. The van der Waals surface area contributed by atoms with Crippen molar-refractivity contribution in [2.75, 3.05) is 4.90 Å². The lowest BCUT2D eigenvalue weighted by atomic mass is 9.82. The first kappa shape index (κ1) is 33.2. The monoisotopic (exact) mass is 759 g/mol. The van der Waals surface area contributed by atoms with Crippen LogP contribution >= 0.6 is 11.3 Å². The van der Waals surface area contributed by atoms with E-state index in [0.29, 0.717) is 0 Å². The smallest absolute Gasteiger partial charge is 0.143 e. The lowest BCUT2D eigenvalue weighted by molar-refractivity contribution is 0.660. The Morgan fingerprint density at radius 3 is 2.03 bits per heavy atom. The molecule has 2 aromatic heterocycles. The van der Waals surface area contributed by atoms with Gasteiger partial charge in [0, 0.05) is 37.5 Å². The predicted octanol–water partition coefficient (Wildman–Crippen LogP) is 16.2. The van der Waals surface area contributed by atoms with E-state index in [1.54, 1.807) is 0 Å². The van der Waals surface area contributed by atoms with E-state index in [-0.39, 0.29) is 5.41 Å². The van der Waals surface area contributed by atoms with Crippen molar-refractivity contribution in [2.24, 2.45) is 0 Å².